The first-order chi connectivity index (χ1) is 37.2. The molecule has 5 saturated heterocycles. The van der Waals surface area contributed by atoms with Gasteiger partial charge in [0.1, 0.15) is 147 Å². The quantitative estimate of drug-likeness (QED) is 0.0401. The highest BCUT2D eigenvalue weighted by atomic mass is 16.8. The zero-order valence-corrected chi connectivity index (χ0v) is 41.7. The molecule has 0 spiro atoms. The number of hydrogen-bond acceptors (Lipinski definition) is 35. The van der Waals surface area contributed by atoms with Crippen LogP contribution in [0.5, 0.6) is 11.5 Å². The smallest absolute Gasteiger partial charge is 0.224 e. The highest BCUT2D eigenvalue weighted by molar-refractivity contribution is 5.56. The van der Waals surface area contributed by atoms with E-state index in [1.807, 2.05) is 0 Å². The van der Waals surface area contributed by atoms with Crippen LogP contribution in [0.4, 0.5) is 0 Å². The molecule has 35 nitrogen and oxygen atoms in total. The van der Waals surface area contributed by atoms with Crippen LogP contribution in [-0.4, -0.2) is 353 Å². The van der Waals surface area contributed by atoms with Crippen LogP contribution in [0.25, 0.3) is 0 Å². The molecule has 1 aromatic rings. The molecular formula is C44H75NO34. The normalized spacial score (nSPS) is 42.1. The van der Waals surface area contributed by atoms with Gasteiger partial charge in [0.25, 0.3) is 0 Å². The van der Waals surface area contributed by atoms with E-state index in [0.717, 1.165) is 5.56 Å². The number of carbonyl (C=O) groups is 1. The van der Waals surface area contributed by atoms with Crippen LogP contribution >= 0.6 is 0 Å². The predicted molar refractivity (Wildman–Crippen MR) is 246 cm³/mol. The predicted octanol–water partition coefficient (Wildman–Crippen LogP) is -14.7. The van der Waals surface area contributed by atoms with Crippen molar-refractivity contribution in [2.75, 3.05) is 52.8 Å². The van der Waals surface area contributed by atoms with Gasteiger partial charge in [0.15, 0.2) is 42.9 Å². The molecule has 5 fully saturated rings. The van der Waals surface area contributed by atoms with Gasteiger partial charge in [-0.1, -0.05) is 6.07 Å². The Labute approximate surface area is 447 Å². The average Bonchev–Trinajstić information content (AvgIpc) is 3.74. The third kappa shape index (κ3) is 16.7. The average molecular weight is 1160 g/mol. The first-order valence-corrected chi connectivity index (χ1v) is 24.4. The lowest BCUT2D eigenvalue weighted by Gasteiger charge is -2.45. The van der Waals surface area contributed by atoms with Crippen molar-refractivity contribution in [2.45, 2.75) is 178 Å². The van der Waals surface area contributed by atoms with Gasteiger partial charge in [-0.2, -0.15) is 0 Å². The van der Waals surface area contributed by atoms with Crippen LogP contribution in [0.3, 0.4) is 0 Å². The largest absolute Gasteiger partial charge is 0.504 e. The van der Waals surface area contributed by atoms with E-state index in [2.05, 4.69) is 0 Å². The first kappa shape index (κ1) is 68.7. The summed E-state index contributed by atoms with van der Waals surface area (Å²) in [7, 11) is 0. The molecule has 35 heteroatoms. The maximum atomic E-state index is 10.6. The Bertz CT molecular complexity index is 1940. The van der Waals surface area contributed by atoms with Gasteiger partial charge in [-0.3, -0.25) is 0 Å². The molecule has 0 bridgehead atoms. The zero-order valence-electron chi connectivity index (χ0n) is 41.7. The monoisotopic (exact) mass is 1160 g/mol. The van der Waals surface area contributed by atoms with E-state index in [1.165, 1.54) is 12.1 Å². The molecule has 79 heavy (non-hydrogen) atoms. The molecule has 5 aliphatic rings. The van der Waals surface area contributed by atoms with Crippen molar-refractivity contribution in [1.82, 2.24) is 0 Å². The molecule has 0 saturated carbocycles. The standard InChI is InChI=1S/C30H52O26.C8H11NO2.C6H12O6/c31-1-7-12(34)17(39)21(43)26(51-7)48-3-9-13(35)18(40)22(44)27(52-9)49-4-10-14(36)19(41)23(45)28(53-10)50-5-11-15(37)20(42)24(46)29(54-11)56-30(6-33)25(47)16(38)8(2-32)55-30;9-4-3-6-1-2-7(10)8(11)5-6;7-1-3(9)5(11)6(12)4(10)2-8/h7-29,31-47H,1-6H2;1-2,5,10-11H,3-4,9H2;1,3-6,8-12H,2H2/t7-,8-,9-,10-,11-,12+,13+,14+,15-,16-,17+,18+,19+,20+,21-,22-,23-,24-,25+,26+,27+,28+,29-,30+;;3-,4-,5-,6-/m1.1/s1. The zero-order chi connectivity index (χ0) is 59.4. The molecule has 5 heterocycles. The summed E-state index contributed by atoms with van der Waals surface area (Å²) in [6.07, 6.45) is -47.4. The Hall–Kier alpha value is -2.79. The fourth-order valence-corrected chi connectivity index (χ4v) is 8.29. The third-order valence-corrected chi connectivity index (χ3v) is 13.2. The summed E-state index contributed by atoms with van der Waals surface area (Å²) < 4.78 is 48.8. The fourth-order valence-electron chi connectivity index (χ4n) is 8.29. The number of ether oxygens (including phenoxy) is 9. The Morgan fingerprint density at radius 1 is 0.519 bits per heavy atom. The number of aliphatic hydroxyl groups is 22. The minimum atomic E-state index is -2.47. The van der Waals surface area contributed by atoms with Crippen molar-refractivity contribution in [3.63, 3.8) is 0 Å². The van der Waals surface area contributed by atoms with Crippen LogP contribution in [-0.2, 0) is 53.8 Å². The number of hydrogen-bond donors (Lipinski definition) is 25. The minimum Gasteiger partial charge on any atom is -0.504 e. The SMILES string of the molecule is NCCc1ccc(O)c(O)c1.O=C[C@@H](O)[C@@H](O)[C@H](O)[C@H](O)CO.OC[C@H]1O[C@H](OC[C@H]2O[C@H](OC[C@H]3O[C@H](OC[C@H]4O[C@H](O[C@]5(CO)O[C@H](CO)[C@@H](O)[C@@H]5O)[C@H](O)[C@@H](O)[C@@H]4O)[C@H](O)[C@@H](O)[C@H]3O)[C@H](O)[C@@H](O)[C@H]2O)[C@H](O)[C@@H](O)[C@H]1O. The van der Waals surface area contributed by atoms with Crippen molar-refractivity contribution in [3.05, 3.63) is 23.8 Å². The van der Waals surface area contributed by atoms with Crippen molar-refractivity contribution < 1.29 is 170 Å². The van der Waals surface area contributed by atoms with Gasteiger partial charge in [0.2, 0.25) is 5.79 Å². The number of aliphatic hydroxyl groups excluding tert-OH is 22. The fraction of sp³-hybridized carbons (Fsp3) is 0.841. The molecule has 5 aliphatic heterocycles. The molecule has 1 aromatic carbocycles. The van der Waals surface area contributed by atoms with Gasteiger partial charge < -0.3 is 176 Å². The lowest BCUT2D eigenvalue weighted by Crippen LogP contribution is -2.64. The Morgan fingerprint density at radius 3 is 1.29 bits per heavy atom. The molecule has 0 aliphatic carbocycles. The number of phenols is 2. The number of rotatable bonds is 21. The van der Waals surface area contributed by atoms with E-state index in [4.69, 9.17) is 84.1 Å². The number of benzene rings is 1. The van der Waals surface area contributed by atoms with E-state index in [1.54, 1.807) is 6.07 Å². The minimum absolute atomic E-state index is 0.0258. The Kier molecular flexibility index (Phi) is 27.1. The molecule has 460 valence electrons. The summed E-state index contributed by atoms with van der Waals surface area (Å²) in [5.41, 5.74) is 6.24. The summed E-state index contributed by atoms with van der Waals surface area (Å²) in [5.74, 6) is -2.65. The molecule has 0 amide bonds. The number of aldehydes is 1. The Morgan fingerprint density at radius 2 is 0.924 bits per heavy atom. The van der Waals surface area contributed by atoms with Gasteiger partial charge in [-0.05, 0) is 30.7 Å². The van der Waals surface area contributed by atoms with E-state index in [-0.39, 0.29) is 17.8 Å². The van der Waals surface area contributed by atoms with Crippen LogP contribution in [0.15, 0.2) is 18.2 Å². The van der Waals surface area contributed by atoms with Crippen LogP contribution in [0.2, 0.25) is 0 Å². The maximum absolute atomic E-state index is 10.6. The van der Waals surface area contributed by atoms with E-state index in [0.29, 0.717) is 13.0 Å². The maximum Gasteiger partial charge on any atom is 0.224 e. The van der Waals surface area contributed by atoms with Crippen molar-refractivity contribution in [1.29, 1.82) is 0 Å². The molecule has 6 rings (SSSR count). The van der Waals surface area contributed by atoms with Gasteiger partial charge in [0, 0.05) is 0 Å². The molecule has 0 radical (unpaired) electrons. The number of nitrogens with two attached hydrogens (primary N) is 1. The number of aromatic hydroxyl groups is 2. The molecule has 0 unspecified atom stereocenters. The van der Waals surface area contributed by atoms with E-state index in [9.17, 15) is 91.6 Å². The summed E-state index contributed by atoms with van der Waals surface area (Å²) in [4.78, 5) is 9.90. The third-order valence-electron chi connectivity index (χ3n) is 13.2. The van der Waals surface area contributed by atoms with Crippen LogP contribution < -0.4 is 5.73 Å². The molecule has 26 N–H and O–H groups in total. The first-order valence-electron chi connectivity index (χ1n) is 24.4. The number of carbonyl (C=O) groups excluding carboxylic acids is 1. The Balaban J connectivity index is 0.000000481. The molecular weight excluding hydrogens is 1090 g/mol. The summed E-state index contributed by atoms with van der Waals surface area (Å²) in [6.45, 7) is -5.16. The van der Waals surface area contributed by atoms with Gasteiger partial charge >= 0.3 is 0 Å². The summed E-state index contributed by atoms with van der Waals surface area (Å²) >= 11 is 0. The van der Waals surface area contributed by atoms with Gasteiger partial charge in [0.05, 0.1) is 39.6 Å². The summed E-state index contributed by atoms with van der Waals surface area (Å²) in [5, 5.41) is 236. The van der Waals surface area contributed by atoms with Crippen molar-refractivity contribution in [3.8, 4) is 11.5 Å². The lowest BCUT2D eigenvalue weighted by molar-refractivity contribution is -0.388. The van der Waals surface area contributed by atoms with E-state index >= 15 is 0 Å². The number of phenolic OH excluding ortho intramolecular Hbond substituents is 2. The lowest BCUT2D eigenvalue weighted by atomic mass is 9.97. The second-order valence-corrected chi connectivity index (χ2v) is 18.8. The van der Waals surface area contributed by atoms with Crippen molar-refractivity contribution >= 4 is 6.29 Å². The van der Waals surface area contributed by atoms with E-state index < -0.39 is 218 Å². The highest BCUT2D eigenvalue weighted by Crippen LogP contribution is 2.37. The summed E-state index contributed by atoms with van der Waals surface area (Å²) in [6, 6.07) is 4.71. The van der Waals surface area contributed by atoms with Crippen molar-refractivity contribution in [2.24, 2.45) is 5.73 Å². The topological polar surface area (TPSA) is 612 Å². The molecule has 28 atom stereocenters. The van der Waals surface area contributed by atoms with Gasteiger partial charge in [-0.15, -0.1) is 0 Å². The second-order valence-electron chi connectivity index (χ2n) is 18.8. The van der Waals surface area contributed by atoms with Gasteiger partial charge in [-0.25, -0.2) is 0 Å². The highest BCUT2D eigenvalue weighted by Gasteiger charge is 2.59. The van der Waals surface area contributed by atoms with Crippen LogP contribution in [0, 0.1) is 0 Å². The second kappa shape index (κ2) is 31.2. The molecule has 0 aromatic heterocycles. The van der Waals surface area contributed by atoms with Crippen LogP contribution in [0.1, 0.15) is 5.56 Å².